The Morgan fingerprint density at radius 1 is 1.27 bits per heavy atom. The van der Waals surface area contributed by atoms with E-state index >= 15 is 0 Å². The van der Waals surface area contributed by atoms with Crippen LogP contribution in [-0.2, 0) is 14.3 Å². The largest absolute Gasteiger partial charge is 0.457 e. The van der Waals surface area contributed by atoms with Crippen LogP contribution < -0.4 is 0 Å². The monoisotopic (exact) mass is 416 g/mol. The fourth-order valence-electron chi connectivity index (χ4n) is 4.52. The molecule has 1 aromatic rings. The van der Waals surface area contributed by atoms with Crippen molar-refractivity contribution < 1.29 is 24.0 Å². The Labute approximate surface area is 175 Å². The maximum Gasteiger partial charge on any atom is 0.311 e. The number of aryl methyl sites for hydroxylation is 1. The SMILES string of the molecule is Cc1ccc(C(=O)COC(=O)[C@H]2CC(=O)N([C@H]3CCC[C@H](C)[C@@H]3C)C2)cc1[N+](=O)[O-]. The molecule has 0 aromatic heterocycles. The number of nitro groups is 1. The fraction of sp³-hybridized carbons (Fsp3) is 0.591. The number of amides is 1. The Hall–Kier alpha value is -2.77. The van der Waals surface area contributed by atoms with Crippen LogP contribution in [0.2, 0.25) is 0 Å². The van der Waals surface area contributed by atoms with Crippen molar-refractivity contribution in [1.29, 1.82) is 0 Å². The molecule has 2 fully saturated rings. The second kappa shape index (κ2) is 8.93. The minimum atomic E-state index is -0.581. The van der Waals surface area contributed by atoms with E-state index in [0.29, 0.717) is 23.9 Å². The van der Waals surface area contributed by atoms with E-state index in [9.17, 15) is 24.5 Å². The van der Waals surface area contributed by atoms with Crippen LogP contribution in [0.5, 0.6) is 0 Å². The van der Waals surface area contributed by atoms with E-state index in [1.165, 1.54) is 18.2 Å². The summed E-state index contributed by atoms with van der Waals surface area (Å²) in [7, 11) is 0. The van der Waals surface area contributed by atoms with Crippen molar-refractivity contribution in [3.63, 3.8) is 0 Å². The summed E-state index contributed by atoms with van der Waals surface area (Å²) in [5, 5.41) is 11.0. The molecule has 4 atom stereocenters. The van der Waals surface area contributed by atoms with E-state index < -0.39 is 29.2 Å². The second-order valence-corrected chi connectivity index (χ2v) is 8.57. The quantitative estimate of drug-likeness (QED) is 0.305. The van der Waals surface area contributed by atoms with Crippen molar-refractivity contribution >= 4 is 23.3 Å². The van der Waals surface area contributed by atoms with Crippen molar-refractivity contribution in [2.24, 2.45) is 17.8 Å². The molecule has 0 radical (unpaired) electrons. The smallest absolute Gasteiger partial charge is 0.311 e. The molecule has 162 valence electrons. The lowest BCUT2D eigenvalue weighted by Gasteiger charge is -2.39. The van der Waals surface area contributed by atoms with E-state index in [1.807, 2.05) is 4.90 Å². The van der Waals surface area contributed by atoms with Crippen LogP contribution in [0.25, 0.3) is 0 Å². The third-order valence-corrected chi connectivity index (χ3v) is 6.63. The first kappa shape index (κ1) is 21.9. The summed E-state index contributed by atoms with van der Waals surface area (Å²) in [5.41, 5.74) is 0.415. The van der Waals surface area contributed by atoms with Crippen molar-refractivity contribution in [1.82, 2.24) is 4.90 Å². The van der Waals surface area contributed by atoms with Crippen LogP contribution in [0, 0.1) is 34.8 Å². The zero-order valence-corrected chi connectivity index (χ0v) is 17.6. The Bertz CT molecular complexity index is 867. The van der Waals surface area contributed by atoms with E-state index in [1.54, 1.807) is 6.92 Å². The van der Waals surface area contributed by atoms with Gasteiger partial charge in [-0.25, -0.2) is 0 Å². The highest BCUT2D eigenvalue weighted by molar-refractivity contribution is 5.99. The maximum atomic E-state index is 12.5. The number of nitrogens with zero attached hydrogens (tertiary/aromatic N) is 2. The summed E-state index contributed by atoms with van der Waals surface area (Å²) in [4.78, 5) is 49.6. The number of nitro benzene ring substituents is 1. The van der Waals surface area contributed by atoms with Gasteiger partial charge in [0.05, 0.1) is 10.8 Å². The maximum absolute atomic E-state index is 12.5. The molecule has 1 aliphatic carbocycles. The van der Waals surface area contributed by atoms with Gasteiger partial charge >= 0.3 is 5.97 Å². The van der Waals surface area contributed by atoms with Gasteiger partial charge in [0.2, 0.25) is 11.7 Å². The minimum Gasteiger partial charge on any atom is -0.457 e. The number of rotatable bonds is 6. The highest BCUT2D eigenvalue weighted by Gasteiger charge is 2.42. The van der Waals surface area contributed by atoms with Gasteiger partial charge in [0.15, 0.2) is 6.61 Å². The minimum absolute atomic E-state index is 0.0385. The number of benzene rings is 1. The summed E-state index contributed by atoms with van der Waals surface area (Å²) >= 11 is 0. The second-order valence-electron chi connectivity index (χ2n) is 8.57. The fourth-order valence-corrected chi connectivity index (χ4v) is 4.52. The molecule has 1 saturated carbocycles. The van der Waals surface area contributed by atoms with Crippen LogP contribution in [0.1, 0.15) is 55.5 Å². The lowest BCUT2D eigenvalue weighted by Crippen LogP contribution is -2.45. The van der Waals surface area contributed by atoms with Crippen molar-refractivity contribution in [3.8, 4) is 0 Å². The lowest BCUT2D eigenvalue weighted by molar-refractivity contribution is -0.385. The number of Topliss-reactive ketones (excluding diaryl/α,β-unsaturated/α-hetero) is 1. The Morgan fingerprint density at radius 3 is 2.70 bits per heavy atom. The predicted octanol–water partition coefficient (Wildman–Crippen LogP) is 3.30. The number of ether oxygens (including phenoxy) is 1. The van der Waals surface area contributed by atoms with E-state index in [2.05, 4.69) is 13.8 Å². The molecule has 3 rings (SSSR count). The molecule has 8 nitrogen and oxygen atoms in total. The van der Waals surface area contributed by atoms with Crippen LogP contribution in [0.3, 0.4) is 0 Å². The van der Waals surface area contributed by atoms with Crippen molar-refractivity contribution in [3.05, 3.63) is 39.4 Å². The number of likely N-dealkylation sites (tertiary alicyclic amines) is 1. The molecule has 1 saturated heterocycles. The molecule has 0 spiro atoms. The third-order valence-electron chi connectivity index (χ3n) is 6.63. The molecule has 0 N–H and O–H groups in total. The number of carbonyl (C=O) groups is 3. The Balaban J connectivity index is 1.58. The molecule has 2 aliphatic rings. The third kappa shape index (κ3) is 4.52. The van der Waals surface area contributed by atoms with Gasteiger partial charge in [0.1, 0.15) is 0 Å². The van der Waals surface area contributed by atoms with Gasteiger partial charge < -0.3 is 9.64 Å². The number of esters is 1. The van der Waals surface area contributed by atoms with Crippen LogP contribution in [-0.4, -0.2) is 46.7 Å². The lowest BCUT2D eigenvalue weighted by atomic mass is 9.77. The standard InChI is InChI=1S/C22H28N2O6/c1-13-5-4-6-18(15(13)3)23-11-17(10-21(23)26)22(27)30-12-20(25)16-8-7-14(2)19(9-16)24(28)29/h7-9,13,15,17-18H,4-6,10-12H2,1-3H3/t13-,15-,17-,18-/m0/s1. The first-order valence-corrected chi connectivity index (χ1v) is 10.4. The first-order valence-electron chi connectivity index (χ1n) is 10.4. The molecule has 30 heavy (non-hydrogen) atoms. The average Bonchev–Trinajstić information content (AvgIpc) is 3.09. The molecule has 1 aromatic carbocycles. The topological polar surface area (TPSA) is 107 Å². The number of hydrogen-bond donors (Lipinski definition) is 0. The summed E-state index contributed by atoms with van der Waals surface area (Å²) in [6, 6.07) is 4.31. The van der Waals surface area contributed by atoms with Crippen LogP contribution in [0.15, 0.2) is 18.2 Å². The molecule has 1 heterocycles. The summed E-state index contributed by atoms with van der Waals surface area (Å²) in [5.74, 6) is -0.778. The molecule has 0 bridgehead atoms. The first-order chi connectivity index (χ1) is 14.2. The van der Waals surface area contributed by atoms with Gasteiger partial charge in [0, 0.05) is 36.2 Å². The molecule has 1 aliphatic heterocycles. The molecule has 0 unspecified atom stereocenters. The summed E-state index contributed by atoms with van der Waals surface area (Å²) in [6.07, 6.45) is 3.28. The van der Waals surface area contributed by atoms with Gasteiger partial charge in [-0.15, -0.1) is 0 Å². The number of carbonyl (C=O) groups excluding carboxylic acids is 3. The van der Waals surface area contributed by atoms with Crippen LogP contribution >= 0.6 is 0 Å². The van der Waals surface area contributed by atoms with Gasteiger partial charge in [-0.1, -0.05) is 38.8 Å². The average molecular weight is 416 g/mol. The van der Waals surface area contributed by atoms with Gasteiger partial charge in [-0.05, 0) is 25.2 Å². The zero-order chi connectivity index (χ0) is 22.0. The van der Waals surface area contributed by atoms with E-state index in [4.69, 9.17) is 4.74 Å². The Kier molecular flexibility index (Phi) is 6.53. The van der Waals surface area contributed by atoms with Gasteiger partial charge in [-0.3, -0.25) is 24.5 Å². The molecular formula is C22H28N2O6. The number of ketones is 1. The van der Waals surface area contributed by atoms with Crippen molar-refractivity contribution in [2.45, 2.75) is 52.5 Å². The number of hydrogen-bond acceptors (Lipinski definition) is 6. The highest BCUT2D eigenvalue weighted by Crippen LogP contribution is 2.36. The van der Waals surface area contributed by atoms with E-state index in [0.717, 1.165) is 19.3 Å². The normalized spacial score (nSPS) is 26.5. The van der Waals surface area contributed by atoms with E-state index in [-0.39, 0.29) is 29.6 Å². The van der Waals surface area contributed by atoms with Crippen LogP contribution in [0.4, 0.5) is 5.69 Å². The van der Waals surface area contributed by atoms with Crippen molar-refractivity contribution in [2.75, 3.05) is 13.2 Å². The molecule has 8 heteroatoms. The summed E-state index contributed by atoms with van der Waals surface area (Å²) in [6.45, 7) is 5.77. The Morgan fingerprint density at radius 2 is 2.00 bits per heavy atom. The predicted molar refractivity (Wildman–Crippen MR) is 109 cm³/mol. The molecule has 1 amide bonds. The van der Waals surface area contributed by atoms with Gasteiger partial charge in [0.25, 0.3) is 5.69 Å². The molecular weight excluding hydrogens is 388 g/mol. The van der Waals surface area contributed by atoms with Gasteiger partial charge in [-0.2, -0.15) is 0 Å². The highest BCUT2D eigenvalue weighted by atomic mass is 16.6. The zero-order valence-electron chi connectivity index (χ0n) is 17.6. The summed E-state index contributed by atoms with van der Waals surface area (Å²) < 4.78 is 5.17.